The van der Waals surface area contributed by atoms with Gasteiger partial charge in [-0.3, -0.25) is 0 Å². The minimum atomic E-state index is -0.248. The Morgan fingerprint density at radius 1 is 1.06 bits per heavy atom. The van der Waals surface area contributed by atoms with Crippen LogP contribution in [0.1, 0.15) is 36.5 Å². The number of hydrazone groups is 1. The van der Waals surface area contributed by atoms with E-state index in [1.165, 1.54) is 5.01 Å². The van der Waals surface area contributed by atoms with Gasteiger partial charge in [-0.25, -0.2) is 9.80 Å². The normalized spacial score (nSPS) is 16.8. The maximum absolute atomic E-state index is 12.4. The monoisotopic (exact) mass is 466 g/mol. The Bertz CT molecular complexity index is 1030. The van der Waals surface area contributed by atoms with Crippen LogP contribution in [0.2, 0.25) is 0 Å². The first-order valence-corrected chi connectivity index (χ1v) is 11.9. The number of hydrogen-bond donors (Lipinski definition) is 1. The first-order chi connectivity index (χ1) is 16.6. The van der Waals surface area contributed by atoms with E-state index in [1.807, 2.05) is 36.4 Å². The molecule has 0 aliphatic carbocycles. The van der Waals surface area contributed by atoms with E-state index in [9.17, 15) is 4.79 Å². The number of urea groups is 1. The summed E-state index contributed by atoms with van der Waals surface area (Å²) in [6, 6.07) is 11.6. The van der Waals surface area contributed by atoms with E-state index in [0.29, 0.717) is 30.2 Å². The molecule has 2 heterocycles. The van der Waals surface area contributed by atoms with Gasteiger partial charge < -0.3 is 24.4 Å². The zero-order chi connectivity index (χ0) is 24.1. The number of carbonyl (C=O) groups is 1. The van der Waals surface area contributed by atoms with Gasteiger partial charge in [0.25, 0.3) is 0 Å². The van der Waals surface area contributed by atoms with Crippen LogP contribution >= 0.6 is 0 Å². The van der Waals surface area contributed by atoms with Gasteiger partial charge in [-0.15, -0.1) is 0 Å². The van der Waals surface area contributed by atoms with Gasteiger partial charge in [0, 0.05) is 31.3 Å². The van der Waals surface area contributed by atoms with Gasteiger partial charge in [-0.1, -0.05) is 6.92 Å². The summed E-state index contributed by atoms with van der Waals surface area (Å²) in [5, 5.41) is 8.89. The van der Waals surface area contributed by atoms with Crippen molar-refractivity contribution >= 4 is 11.7 Å². The third-order valence-electron chi connectivity index (χ3n) is 6.54. The van der Waals surface area contributed by atoms with Crippen molar-refractivity contribution < 1.29 is 19.0 Å². The van der Waals surface area contributed by atoms with Gasteiger partial charge in [-0.2, -0.15) is 5.10 Å². The number of nitrogens with one attached hydrogen (secondary N) is 1. The summed E-state index contributed by atoms with van der Waals surface area (Å²) < 4.78 is 17.3. The number of ether oxygens (including phenoxy) is 3. The molecule has 0 unspecified atom stereocenters. The summed E-state index contributed by atoms with van der Waals surface area (Å²) in [4.78, 5) is 14.9. The predicted octanol–water partition coefficient (Wildman–Crippen LogP) is 3.52. The molecule has 0 radical (unpaired) electrons. The molecule has 2 aliphatic rings. The highest BCUT2D eigenvalue weighted by molar-refractivity contribution is 6.14. The van der Waals surface area contributed by atoms with Crippen LogP contribution in [-0.4, -0.2) is 75.2 Å². The first kappa shape index (κ1) is 23.9. The Balaban J connectivity index is 1.63. The fourth-order valence-electron chi connectivity index (χ4n) is 4.52. The number of methoxy groups -OCH3 is 2. The molecular formula is C26H34N4O4. The lowest BCUT2D eigenvalue weighted by Gasteiger charge is -2.31. The van der Waals surface area contributed by atoms with Crippen molar-refractivity contribution in [3.05, 3.63) is 53.1 Å². The second kappa shape index (κ2) is 10.8. The lowest BCUT2D eigenvalue weighted by Crippen LogP contribution is -2.37. The topological polar surface area (TPSA) is 75.6 Å². The summed E-state index contributed by atoms with van der Waals surface area (Å²) in [5.41, 5.74) is 3.58. The summed E-state index contributed by atoms with van der Waals surface area (Å²) in [6.07, 6.45) is 2.97. The largest absolute Gasteiger partial charge is 0.493 e. The number of fused-ring (bicyclic) bond motifs is 1. The average Bonchev–Trinajstić information content (AvgIpc) is 3.07. The Kier molecular flexibility index (Phi) is 7.57. The second-order valence-electron chi connectivity index (χ2n) is 8.52. The SMILES string of the molecule is CCN1CCC(Oc2ccc(C3=NN(C(=O)NC)CCc4cc(OC)c(OC)cc43)cc2)CC1. The van der Waals surface area contributed by atoms with Crippen LogP contribution in [0, 0.1) is 0 Å². The number of nitrogens with zero attached hydrogens (tertiary/aromatic N) is 3. The summed E-state index contributed by atoms with van der Waals surface area (Å²) >= 11 is 0. The first-order valence-electron chi connectivity index (χ1n) is 11.9. The Labute approximate surface area is 201 Å². The molecule has 1 N–H and O–H groups in total. The Morgan fingerprint density at radius 2 is 1.74 bits per heavy atom. The van der Waals surface area contributed by atoms with Crippen LogP contribution in [0.5, 0.6) is 17.2 Å². The number of rotatable bonds is 6. The van der Waals surface area contributed by atoms with Gasteiger partial charge in [-0.05, 0) is 67.8 Å². The van der Waals surface area contributed by atoms with Crippen molar-refractivity contribution in [2.45, 2.75) is 32.3 Å². The molecule has 2 aromatic rings. The summed E-state index contributed by atoms with van der Waals surface area (Å²) in [7, 11) is 4.85. The zero-order valence-corrected chi connectivity index (χ0v) is 20.5. The molecule has 2 amide bonds. The molecule has 8 heteroatoms. The average molecular weight is 467 g/mol. The highest BCUT2D eigenvalue weighted by Gasteiger charge is 2.24. The fourth-order valence-corrected chi connectivity index (χ4v) is 4.52. The highest BCUT2D eigenvalue weighted by atomic mass is 16.5. The van der Waals surface area contributed by atoms with Crippen molar-refractivity contribution in [3.8, 4) is 17.2 Å². The quantitative estimate of drug-likeness (QED) is 0.705. The molecule has 1 fully saturated rings. The molecule has 34 heavy (non-hydrogen) atoms. The Hall–Kier alpha value is -3.26. The van der Waals surface area contributed by atoms with Crippen LogP contribution in [0.3, 0.4) is 0 Å². The third-order valence-corrected chi connectivity index (χ3v) is 6.54. The highest BCUT2D eigenvalue weighted by Crippen LogP contribution is 2.34. The number of hydrogen-bond acceptors (Lipinski definition) is 6. The van der Waals surface area contributed by atoms with Crippen LogP contribution in [0.15, 0.2) is 41.5 Å². The van der Waals surface area contributed by atoms with E-state index in [4.69, 9.17) is 19.3 Å². The number of piperidine rings is 1. The number of carbonyl (C=O) groups excluding carboxylic acids is 1. The van der Waals surface area contributed by atoms with Crippen LogP contribution in [0.4, 0.5) is 4.79 Å². The molecule has 8 nitrogen and oxygen atoms in total. The fraction of sp³-hybridized carbons (Fsp3) is 0.462. The second-order valence-corrected chi connectivity index (χ2v) is 8.52. The molecule has 0 saturated carbocycles. The molecule has 1 saturated heterocycles. The molecular weight excluding hydrogens is 432 g/mol. The van der Waals surface area contributed by atoms with Crippen LogP contribution in [-0.2, 0) is 6.42 Å². The molecule has 0 bridgehead atoms. The van der Waals surface area contributed by atoms with Crippen molar-refractivity contribution in [1.82, 2.24) is 15.2 Å². The summed E-state index contributed by atoms with van der Waals surface area (Å²) in [6.45, 7) is 5.91. The summed E-state index contributed by atoms with van der Waals surface area (Å²) in [5.74, 6) is 2.14. The maximum Gasteiger partial charge on any atom is 0.337 e. The number of likely N-dealkylation sites (tertiary alicyclic amines) is 1. The van der Waals surface area contributed by atoms with E-state index in [0.717, 1.165) is 54.9 Å². The van der Waals surface area contributed by atoms with E-state index in [2.05, 4.69) is 17.1 Å². The molecule has 2 aromatic carbocycles. The van der Waals surface area contributed by atoms with Crippen molar-refractivity contribution in [2.24, 2.45) is 5.10 Å². The van der Waals surface area contributed by atoms with Crippen LogP contribution < -0.4 is 19.5 Å². The molecule has 0 aromatic heterocycles. The van der Waals surface area contributed by atoms with E-state index >= 15 is 0 Å². The zero-order valence-electron chi connectivity index (χ0n) is 20.5. The van der Waals surface area contributed by atoms with Crippen molar-refractivity contribution in [1.29, 1.82) is 0 Å². The molecule has 182 valence electrons. The molecule has 0 spiro atoms. The predicted molar refractivity (Wildman–Crippen MR) is 132 cm³/mol. The lowest BCUT2D eigenvalue weighted by molar-refractivity contribution is 0.104. The number of benzene rings is 2. The van der Waals surface area contributed by atoms with E-state index in [1.54, 1.807) is 21.3 Å². The standard InChI is InChI=1S/C26H34N4O4/c1-5-29-13-11-21(12-14-29)34-20-8-6-18(7-9-20)25-22-17-24(33-4)23(32-3)16-19(22)10-15-30(28-25)26(31)27-2/h6-9,16-17,21H,5,10-15H2,1-4H3,(H,27,31). The van der Waals surface area contributed by atoms with E-state index in [-0.39, 0.29) is 12.1 Å². The Morgan fingerprint density at radius 3 is 2.35 bits per heavy atom. The molecule has 2 aliphatic heterocycles. The minimum Gasteiger partial charge on any atom is -0.493 e. The smallest absolute Gasteiger partial charge is 0.337 e. The lowest BCUT2D eigenvalue weighted by atomic mass is 9.95. The molecule has 4 rings (SSSR count). The van der Waals surface area contributed by atoms with Gasteiger partial charge in [0.15, 0.2) is 11.5 Å². The van der Waals surface area contributed by atoms with Gasteiger partial charge in [0.1, 0.15) is 11.9 Å². The minimum absolute atomic E-state index is 0.241. The van der Waals surface area contributed by atoms with Crippen molar-refractivity contribution in [3.63, 3.8) is 0 Å². The van der Waals surface area contributed by atoms with E-state index < -0.39 is 0 Å². The van der Waals surface area contributed by atoms with Crippen molar-refractivity contribution in [2.75, 3.05) is 47.4 Å². The van der Waals surface area contributed by atoms with Gasteiger partial charge in [0.05, 0.1) is 26.5 Å². The number of amides is 2. The maximum atomic E-state index is 12.4. The van der Waals surface area contributed by atoms with Crippen LogP contribution in [0.25, 0.3) is 0 Å². The van der Waals surface area contributed by atoms with Gasteiger partial charge >= 0.3 is 6.03 Å². The van der Waals surface area contributed by atoms with Gasteiger partial charge in [0.2, 0.25) is 0 Å². The molecule has 0 atom stereocenters. The third kappa shape index (κ3) is 5.12.